The highest BCUT2D eigenvalue weighted by Gasteiger charge is 2.41. The molecule has 3 heterocycles. The normalized spacial score (nSPS) is 27.8. The minimum absolute atomic E-state index is 0.133. The Morgan fingerprint density at radius 2 is 2.29 bits per heavy atom. The summed E-state index contributed by atoms with van der Waals surface area (Å²) in [4.78, 5) is 6.46. The Balaban J connectivity index is 1.80. The van der Waals surface area contributed by atoms with Crippen LogP contribution in [0.3, 0.4) is 0 Å². The summed E-state index contributed by atoms with van der Waals surface area (Å²) >= 11 is 0. The number of sulfonamides is 1. The van der Waals surface area contributed by atoms with Gasteiger partial charge in [0.05, 0.1) is 6.04 Å². The highest BCUT2D eigenvalue weighted by molar-refractivity contribution is 7.89. The van der Waals surface area contributed by atoms with Crippen LogP contribution >= 0.6 is 0 Å². The minimum Gasteiger partial charge on any atom is -0.470 e. The third kappa shape index (κ3) is 3.04. The SMILES string of the molecule is CC(C)CCN1CC2NS(=O)(=O)c3cccnc3OC2C1. The number of pyridine rings is 1. The summed E-state index contributed by atoms with van der Waals surface area (Å²) in [5.74, 6) is 0.846. The Hall–Kier alpha value is -1.18. The molecule has 0 amide bonds. The number of nitrogens with one attached hydrogen (secondary N) is 1. The van der Waals surface area contributed by atoms with Gasteiger partial charge in [-0.2, -0.15) is 0 Å². The van der Waals surface area contributed by atoms with Crippen LogP contribution in [-0.2, 0) is 10.0 Å². The fourth-order valence-electron chi connectivity index (χ4n) is 2.78. The molecule has 1 saturated heterocycles. The van der Waals surface area contributed by atoms with Gasteiger partial charge in [-0.15, -0.1) is 0 Å². The van der Waals surface area contributed by atoms with Gasteiger partial charge < -0.3 is 4.74 Å². The summed E-state index contributed by atoms with van der Waals surface area (Å²) in [5.41, 5.74) is 0. The first-order chi connectivity index (χ1) is 9.95. The minimum atomic E-state index is -3.55. The zero-order chi connectivity index (χ0) is 15.0. The summed E-state index contributed by atoms with van der Waals surface area (Å²) in [6, 6.07) is 2.93. The van der Waals surface area contributed by atoms with Crippen LogP contribution in [0.25, 0.3) is 0 Å². The van der Waals surface area contributed by atoms with Crippen LogP contribution in [0.5, 0.6) is 5.88 Å². The standard InChI is InChI=1S/C14H21N3O3S/c1-10(2)5-7-17-8-11-12(9-17)20-14-13(4-3-6-15-14)21(18,19)16-11/h3-4,6,10-12,16H,5,7-9H2,1-2H3. The summed E-state index contributed by atoms with van der Waals surface area (Å²) in [5, 5.41) is 0. The molecule has 1 fully saturated rings. The van der Waals surface area contributed by atoms with Gasteiger partial charge in [0.15, 0.2) is 0 Å². The molecule has 7 heteroatoms. The first-order valence-corrected chi connectivity index (χ1v) is 8.80. The highest BCUT2D eigenvalue weighted by atomic mass is 32.2. The van der Waals surface area contributed by atoms with E-state index >= 15 is 0 Å². The molecule has 1 aromatic heterocycles. The number of hydrogen-bond donors (Lipinski definition) is 1. The molecule has 2 atom stereocenters. The monoisotopic (exact) mass is 311 g/mol. The number of fused-ring (bicyclic) bond motifs is 2. The van der Waals surface area contributed by atoms with Gasteiger partial charge in [0.25, 0.3) is 0 Å². The van der Waals surface area contributed by atoms with Gasteiger partial charge in [-0.1, -0.05) is 13.8 Å². The zero-order valence-corrected chi connectivity index (χ0v) is 13.1. The lowest BCUT2D eigenvalue weighted by Gasteiger charge is -2.17. The second-order valence-electron chi connectivity index (χ2n) is 6.13. The molecule has 0 radical (unpaired) electrons. The predicted octanol–water partition coefficient (Wildman–Crippen LogP) is 0.851. The number of rotatable bonds is 3. The van der Waals surface area contributed by atoms with E-state index in [1.165, 1.54) is 6.07 Å². The summed E-state index contributed by atoms with van der Waals surface area (Å²) in [6.45, 7) is 6.76. The van der Waals surface area contributed by atoms with Gasteiger partial charge in [-0.25, -0.2) is 18.1 Å². The van der Waals surface area contributed by atoms with Crippen LogP contribution in [0.4, 0.5) is 0 Å². The van der Waals surface area contributed by atoms with Crippen molar-refractivity contribution in [1.29, 1.82) is 0 Å². The van der Waals surface area contributed by atoms with Crippen molar-refractivity contribution < 1.29 is 13.2 Å². The topological polar surface area (TPSA) is 71.5 Å². The number of ether oxygens (including phenoxy) is 1. The molecule has 0 bridgehead atoms. The van der Waals surface area contributed by atoms with Crippen molar-refractivity contribution in [3.05, 3.63) is 18.3 Å². The molecule has 0 aliphatic carbocycles. The molecule has 2 aliphatic heterocycles. The average Bonchev–Trinajstić information content (AvgIpc) is 2.74. The fourth-order valence-corrected chi connectivity index (χ4v) is 4.12. The van der Waals surface area contributed by atoms with Crippen LogP contribution in [0.1, 0.15) is 20.3 Å². The van der Waals surface area contributed by atoms with Crippen molar-refractivity contribution in [2.75, 3.05) is 19.6 Å². The Labute approximate surface area is 125 Å². The van der Waals surface area contributed by atoms with Crippen LogP contribution in [0, 0.1) is 5.92 Å². The van der Waals surface area contributed by atoms with E-state index in [0.717, 1.165) is 19.5 Å². The molecule has 0 aromatic carbocycles. The van der Waals surface area contributed by atoms with E-state index in [4.69, 9.17) is 4.74 Å². The second-order valence-corrected chi connectivity index (χ2v) is 7.82. The van der Waals surface area contributed by atoms with E-state index in [0.29, 0.717) is 12.5 Å². The number of hydrogen-bond acceptors (Lipinski definition) is 5. The van der Waals surface area contributed by atoms with Crippen LogP contribution < -0.4 is 9.46 Å². The second kappa shape index (κ2) is 5.55. The number of nitrogens with zero attached hydrogens (tertiary/aromatic N) is 2. The summed E-state index contributed by atoms with van der Waals surface area (Å²) in [6.07, 6.45) is 2.48. The molecular formula is C14H21N3O3S. The Kier molecular flexibility index (Phi) is 3.90. The number of aromatic nitrogens is 1. The van der Waals surface area contributed by atoms with Crippen molar-refractivity contribution in [2.45, 2.75) is 37.3 Å². The molecule has 116 valence electrons. The van der Waals surface area contributed by atoms with E-state index in [1.54, 1.807) is 12.3 Å². The fraction of sp³-hybridized carbons (Fsp3) is 0.643. The average molecular weight is 311 g/mol. The van der Waals surface area contributed by atoms with Crippen LogP contribution in [0.15, 0.2) is 23.2 Å². The third-order valence-electron chi connectivity index (χ3n) is 3.96. The van der Waals surface area contributed by atoms with Gasteiger partial charge in [0.1, 0.15) is 11.0 Å². The predicted molar refractivity (Wildman–Crippen MR) is 78.7 cm³/mol. The van der Waals surface area contributed by atoms with Crippen LogP contribution in [-0.4, -0.2) is 50.1 Å². The smallest absolute Gasteiger partial charge is 0.246 e. The Bertz CT molecular complexity index is 618. The van der Waals surface area contributed by atoms with E-state index in [1.807, 2.05) is 0 Å². The molecule has 0 saturated carbocycles. The van der Waals surface area contributed by atoms with Gasteiger partial charge in [-0.05, 0) is 31.0 Å². The largest absolute Gasteiger partial charge is 0.470 e. The molecule has 2 unspecified atom stereocenters. The molecule has 2 aliphatic rings. The van der Waals surface area contributed by atoms with Crippen molar-refractivity contribution >= 4 is 10.0 Å². The molecule has 1 N–H and O–H groups in total. The maximum Gasteiger partial charge on any atom is 0.246 e. The van der Waals surface area contributed by atoms with Gasteiger partial charge in [-0.3, -0.25) is 4.90 Å². The zero-order valence-electron chi connectivity index (χ0n) is 12.3. The Morgan fingerprint density at radius 3 is 3.05 bits per heavy atom. The number of likely N-dealkylation sites (tertiary alicyclic amines) is 1. The maximum atomic E-state index is 12.4. The van der Waals surface area contributed by atoms with Crippen molar-refractivity contribution in [1.82, 2.24) is 14.6 Å². The van der Waals surface area contributed by atoms with Crippen LogP contribution in [0.2, 0.25) is 0 Å². The summed E-state index contributed by atoms with van der Waals surface area (Å²) < 4.78 is 33.3. The van der Waals surface area contributed by atoms with Gasteiger partial charge >= 0.3 is 0 Å². The third-order valence-corrected chi connectivity index (χ3v) is 5.46. The lowest BCUT2D eigenvalue weighted by atomic mass is 10.1. The lowest BCUT2D eigenvalue weighted by molar-refractivity contribution is 0.176. The molecule has 1 aromatic rings. The first-order valence-electron chi connectivity index (χ1n) is 7.32. The Morgan fingerprint density at radius 1 is 1.48 bits per heavy atom. The highest BCUT2D eigenvalue weighted by Crippen LogP contribution is 2.28. The molecule has 3 rings (SSSR count). The van der Waals surface area contributed by atoms with E-state index in [2.05, 4.69) is 28.5 Å². The molecule has 0 spiro atoms. The van der Waals surface area contributed by atoms with Gasteiger partial charge in [0, 0.05) is 19.3 Å². The van der Waals surface area contributed by atoms with E-state index in [9.17, 15) is 8.42 Å². The van der Waals surface area contributed by atoms with E-state index in [-0.39, 0.29) is 22.9 Å². The van der Waals surface area contributed by atoms with Gasteiger partial charge in [0.2, 0.25) is 15.9 Å². The molecule has 21 heavy (non-hydrogen) atoms. The van der Waals surface area contributed by atoms with E-state index < -0.39 is 10.0 Å². The van der Waals surface area contributed by atoms with Crippen molar-refractivity contribution in [3.63, 3.8) is 0 Å². The quantitative estimate of drug-likeness (QED) is 0.896. The molecule has 6 nitrogen and oxygen atoms in total. The molecular weight excluding hydrogens is 290 g/mol. The summed E-state index contributed by atoms with van der Waals surface area (Å²) in [7, 11) is -3.55. The van der Waals surface area contributed by atoms with Crippen molar-refractivity contribution in [3.8, 4) is 5.88 Å². The first kappa shape index (κ1) is 14.7. The maximum absolute atomic E-state index is 12.4. The lowest BCUT2D eigenvalue weighted by Crippen LogP contribution is -2.42. The van der Waals surface area contributed by atoms with Crippen molar-refractivity contribution in [2.24, 2.45) is 5.92 Å².